The number of rotatable bonds is 9. The molecule has 1 atom stereocenters. The highest BCUT2D eigenvalue weighted by molar-refractivity contribution is 7.89. The molecule has 2 aromatic rings. The average molecular weight is 487 g/mol. The van der Waals surface area contributed by atoms with Gasteiger partial charge in [0.05, 0.1) is 24.5 Å². The number of fused-ring (bicyclic) bond motifs is 1. The van der Waals surface area contributed by atoms with Crippen LogP contribution < -0.4 is 11.1 Å². The predicted octanol–water partition coefficient (Wildman–Crippen LogP) is 3.06. The number of benzene rings is 2. The van der Waals surface area contributed by atoms with Crippen molar-refractivity contribution in [3.63, 3.8) is 0 Å². The number of likely N-dealkylation sites (tertiary alicyclic amines) is 1. The molecule has 0 aliphatic carbocycles. The van der Waals surface area contributed by atoms with E-state index in [0.29, 0.717) is 37.0 Å². The first-order valence-corrected chi connectivity index (χ1v) is 13.1. The summed E-state index contributed by atoms with van der Waals surface area (Å²) in [4.78, 5) is 14.7. The molecule has 2 aliphatic heterocycles. The van der Waals surface area contributed by atoms with Crippen LogP contribution in [-0.2, 0) is 29.2 Å². The summed E-state index contributed by atoms with van der Waals surface area (Å²) in [7, 11) is 0. The zero-order valence-electron chi connectivity index (χ0n) is 19.4. The summed E-state index contributed by atoms with van der Waals surface area (Å²) in [5.74, 6) is 0.0224. The van der Waals surface area contributed by atoms with E-state index in [4.69, 9.17) is 5.73 Å². The predicted molar refractivity (Wildman–Crippen MR) is 133 cm³/mol. The van der Waals surface area contributed by atoms with Gasteiger partial charge >= 0.3 is 0 Å². The fraction of sp³-hybridized carbons (Fsp3) is 0.480. The van der Waals surface area contributed by atoms with Crippen molar-refractivity contribution in [2.45, 2.75) is 62.6 Å². The van der Waals surface area contributed by atoms with Crippen LogP contribution in [0, 0.1) is 0 Å². The van der Waals surface area contributed by atoms with Gasteiger partial charge < -0.3 is 30.7 Å². The maximum atomic E-state index is 13.0. The van der Waals surface area contributed by atoms with Crippen LogP contribution in [-0.4, -0.2) is 55.6 Å². The number of phenolic OH excluding ortho intramolecular Hbond substituents is 2. The molecular formula is C25H34N4O4S. The van der Waals surface area contributed by atoms with Gasteiger partial charge in [0.1, 0.15) is 5.75 Å². The highest BCUT2D eigenvalue weighted by atomic mass is 32.2. The summed E-state index contributed by atoms with van der Waals surface area (Å²) in [6.45, 7) is 3.30. The Morgan fingerprint density at radius 3 is 2.56 bits per heavy atom. The van der Waals surface area contributed by atoms with Gasteiger partial charge in [0.2, 0.25) is 10.8 Å². The molecule has 34 heavy (non-hydrogen) atoms. The van der Waals surface area contributed by atoms with Gasteiger partial charge in [-0.2, -0.15) is 0 Å². The maximum Gasteiger partial charge on any atom is 0.222 e. The number of anilines is 1. The van der Waals surface area contributed by atoms with Gasteiger partial charge in [0, 0.05) is 43.4 Å². The van der Waals surface area contributed by atoms with E-state index in [1.165, 1.54) is 18.2 Å². The molecule has 1 saturated heterocycles. The second kappa shape index (κ2) is 11.3. The van der Waals surface area contributed by atoms with Gasteiger partial charge in [-0.1, -0.05) is 12.5 Å². The smallest absolute Gasteiger partial charge is 0.222 e. The zero-order valence-corrected chi connectivity index (χ0v) is 20.2. The van der Waals surface area contributed by atoms with E-state index >= 15 is 0 Å². The number of hydrogen-bond acceptors (Lipinski definition) is 7. The van der Waals surface area contributed by atoms with Gasteiger partial charge in [-0.15, -0.1) is 4.31 Å². The van der Waals surface area contributed by atoms with Crippen molar-refractivity contribution in [1.82, 2.24) is 9.21 Å². The van der Waals surface area contributed by atoms with E-state index in [1.54, 1.807) is 4.31 Å². The second-order valence-corrected chi connectivity index (χ2v) is 10.5. The summed E-state index contributed by atoms with van der Waals surface area (Å²) in [5.41, 5.74) is 8.78. The number of nitrogens with two attached hydrogens (primary N) is 1. The van der Waals surface area contributed by atoms with Gasteiger partial charge in [-0.3, -0.25) is 4.79 Å². The Morgan fingerprint density at radius 1 is 1.06 bits per heavy atom. The first kappa shape index (κ1) is 24.7. The minimum atomic E-state index is -1.52. The number of hydrogen-bond donors (Lipinski definition) is 4. The van der Waals surface area contributed by atoms with E-state index < -0.39 is 11.4 Å². The maximum absolute atomic E-state index is 13.0. The Bertz CT molecular complexity index is 997. The monoisotopic (exact) mass is 486 g/mol. The topological polar surface area (TPSA) is 125 Å². The first-order valence-electron chi connectivity index (χ1n) is 12.0. The molecule has 5 N–H and O–H groups in total. The summed E-state index contributed by atoms with van der Waals surface area (Å²) in [5, 5.41) is 23.2. The molecule has 2 heterocycles. The molecule has 184 valence electrons. The molecule has 0 spiro atoms. The normalized spacial score (nSPS) is 17.5. The van der Waals surface area contributed by atoms with Gasteiger partial charge in [-0.05, 0) is 61.6 Å². The Kier molecular flexibility index (Phi) is 8.20. The third kappa shape index (κ3) is 5.96. The van der Waals surface area contributed by atoms with Crippen LogP contribution in [0.5, 0.6) is 11.5 Å². The fourth-order valence-corrected chi connectivity index (χ4v) is 5.84. The molecule has 1 amide bonds. The number of nitrogens with zero attached hydrogens (tertiary/aromatic N) is 2. The molecule has 0 aromatic heterocycles. The number of piperidine rings is 1. The standard InChI is InChI=1S/C25H34N4O4S/c26-11-3-1-2-4-25(32)28-12-9-20(10-13-28)27-21-6-5-18-16-29(17-19(18)14-21)34(33)24-8-7-22(30)15-23(24)31/h5-8,14-15,20,27,30-31H,1-4,9-13,16-17,26H2. The molecule has 0 radical (unpaired) electrons. The van der Waals surface area contributed by atoms with Crippen LogP contribution in [0.2, 0.25) is 0 Å². The van der Waals surface area contributed by atoms with Crippen molar-refractivity contribution in [2.24, 2.45) is 5.73 Å². The number of nitrogens with one attached hydrogen (secondary N) is 1. The van der Waals surface area contributed by atoms with Crippen LogP contribution in [0.25, 0.3) is 0 Å². The van der Waals surface area contributed by atoms with Crippen LogP contribution >= 0.6 is 0 Å². The molecule has 2 aromatic carbocycles. The number of amides is 1. The van der Waals surface area contributed by atoms with Crippen LogP contribution in [0.15, 0.2) is 41.3 Å². The van der Waals surface area contributed by atoms with Crippen molar-refractivity contribution in [1.29, 1.82) is 0 Å². The third-order valence-corrected chi connectivity index (χ3v) is 8.03. The van der Waals surface area contributed by atoms with E-state index in [0.717, 1.165) is 62.0 Å². The van der Waals surface area contributed by atoms with Gasteiger partial charge in [-0.25, -0.2) is 0 Å². The Hall–Kier alpha value is -2.46. The zero-order chi connectivity index (χ0) is 24.1. The lowest BCUT2D eigenvalue weighted by atomic mass is 10.0. The van der Waals surface area contributed by atoms with Crippen molar-refractivity contribution in [3.8, 4) is 11.5 Å². The molecular weight excluding hydrogens is 452 g/mol. The lowest BCUT2D eigenvalue weighted by Gasteiger charge is -2.33. The summed E-state index contributed by atoms with van der Waals surface area (Å²) in [6.07, 6.45) is 5.36. The Morgan fingerprint density at radius 2 is 1.82 bits per heavy atom. The van der Waals surface area contributed by atoms with E-state index in [2.05, 4.69) is 23.5 Å². The lowest BCUT2D eigenvalue weighted by Crippen LogP contribution is -2.42. The molecule has 0 saturated carbocycles. The molecule has 4 rings (SSSR count). The average Bonchev–Trinajstić information content (AvgIpc) is 3.25. The van der Waals surface area contributed by atoms with Crippen LogP contribution in [0.3, 0.4) is 0 Å². The second-order valence-electron chi connectivity index (χ2n) is 9.08. The Balaban J connectivity index is 1.28. The summed E-state index contributed by atoms with van der Waals surface area (Å²) >= 11 is -1.52. The number of carbonyl (C=O) groups is 1. The minimum Gasteiger partial charge on any atom is -0.593 e. The number of unbranched alkanes of at least 4 members (excludes halogenated alkanes) is 2. The third-order valence-electron chi connectivity index (χ3n) is 6.58. The van der Waals surface area contributed by atoms with E-state index in [1.807, 2.05) is 4.90 Å². The molecule has 1 unspecified atom stereocenters. The van der Waals surface area contributed by atoms with Crippen LogP contribution in [0.1, 0.15) is 49.7 Å². The largest absolute Gasteiger partial charge is 0.593 e. The van der Waals surface area contributed by atoms with Crippen molar-refractivity contribution >= 4 is 23.0 Å². The van der Waals surface area contributed by atoms with Gasteiger partial charge in [0.25, 0.3) is 0 Å². The lowest BCUT2D eigenvalue weighted by molar-refractivity contribution is -0.132. The van der Waals surface area contributed by atoms with E-state index in [-0.39, 0.29) is 17.4 Å². The molecule has 0 bridgehead atoms. The summed E-state index contributed by atoms with van der Waals surface area (Å²) in [6, 6.07) is 10.7. The van der Waals surface area contributed by atoms with Crippen molar-refractivity contribution in [3.05, 3.63) is 47.5 Å². The number of phenols is 2. The minimum absolute atomic E-state index is 0.0589. The van der Waals surface area contributed by atoms with Crippen LogP contribution in [0.4, 0.5) is 5.69 Å². The molecule has 9 heteroatoms. The quantitative estimate of drug-likeness (QED) is 0.317. The molecule has 2 aliphatic rings. The van der Waals surface area contributed by atoms with E-state index in [9.17, 15) is 19.6 Å². The summed E-state index contributed by atoms with van der Waals surface area (Å²) < 4.78 is 14.8. The van der Waals surface area contributed by atoms with Gasteiger partial charge in [0.15, 0.2) is 5.75 Å². The Labute approximate surface area is 204 Å². The van der Waals surface area contributed by atoms with Crippen molar-refractivity contribution < 1.29 is 19.6 Å². The molecule has 8 nitrogen and oxygen atoms in total. The highest BCUT2D eigenvalue weighted by Gasteiger charge is 2.32. The van der Waals surface area contributed by atoms with Crippen molar-refractivity contribution in [2.75, 3.05) is 25.0 Å². The number of carbonyl (C=O) groups excluding carboxylic acids is 1. The SMILES string of the molecule is NCCCCCC(=O)N1CCC(Nc2ccc3c(c2)CN([S+]([O-])c2ccc(O)cc2O)C3)CC1. The highest BCUT2D eigenvalue weighted by Crippen LogP contribution is 2.35. The number of aromatic hydroxyl groups is 2. The first-order chi connectivity index (χ1) is 16.4. The molecule has 1 fully saturated rings. The fourth-order valence-electron chi connectivity index (χ4n) is 4.63.